The highest BCUT2D eigenvalue weighted by Crippen LogP contribution is 2.48. The van der Waals surface area contributed by atoms with Crippen LogP contribution in [0.1, 0.15) is 56.7 Å². The Morgan fingerprint density at radius 2 is 1.85 bits per heavy atom. The van der Waals surface area contributed by atoms with Crippen molar-refractivity contribution in [2.75, 3.05) is 50.6 Å². The van der Waals surface area contributed by atoms with Crippen LogP contribution in [0.25, 0.3) is 32.2 Å². The predicted molar refractivity (Wildman–Crippen MR) is 197 cm³/mol. The largest absolute Gasteiger partial charge is 0.465 e. The van der Waals surface area contributed by atoms with Gasteiger partial charge in [-0.15, -0.1) is 11.3 Å². The first-order valence-electron chi connectivity index (χ1n) is 18.0. The standard InChI is InChI=1S/C37H40F2N8O7S/c1-37(2,3)54-35(48)44-33-21(9-40)26-29(41-10-24(38)31(26)55-33)25-22-15-52-16-23(22)27-30(28(25)39)42-34(53-14-19-8-20(51-5)13-45(19)4)43-32(27)47-17-6-7-18(47)12-46(11-17)36(49)50/h10,17-20H,6-8,11-16H2,1-5H3,(H,44,48)(H,49,50)/t17?,18?,19-,20+/m0/s1. The molecule has 18 heteroatoms. The Balaban J connectivity index is 1.31. The number of carbonyl (C=O) groups excluding carboxylic acids is 1. The molecule has 3 aromatic heterocycles. The molecule has 4 aliphatic rings. The summed E-state index contributed by atoms with van der Waals surface area (Å²) in [4.78, 5) is 44.3. The first-order chi connectivity index (χ1) is 26.3. The normalized spacial score (nSPS) is 22.4. The average Bonchev–Trinajstić information content (AvgIpc) is 3.90. The number of likely N-dealkylation sites (N-methyl/N-ethyl adjacent to an activating group) is 1. The smallest absolute Gasteiger partial charge is 0.412 e. The maximum atomic E-state index is 17.6. The lowest BCUT2D eigenvalue weighted by molar-refractivity contribution is 0.0636. The van der Waals surface area contributed by atoms with Gasteiger partial charge in [-0.05, 0) is 58.2 Å². The van der Waals surface area contributed by atoms with Crippen molar-refractivity contribution in [3.8, 4) is 23.3 Å². The minimum Gasteiger partial charge on any atom is -0.465 e. The van der Waals surface area contributed by atoms with Crippen molar-refractivity contribution in [1.82, 2.24) is 24.8 Å². The molecule has 3 fully saturated rings. The third-order valence-electron chi connectivity index (χ3n) is 10.8. The SMILES string of the molecule is CO[C@@H]1C[C@@H](COc2nc(N3C4CCC3CN(C(=O)O)C4)c3c4c(c(-c5ncc(F)c6sc(NC(=O)OC(C)(C)C)c(C#N)c56)c(F)c3n2)COC4)N(C)C1. The van der Waals surface area contributed by atoms with Crippen molar-refractivity contribution in [1.29, 1.82) is 5.26 Å². The molecule has 2 bridgehead atoms. The highest BCUT2D eigenvalue weighted by Gasteiger charge is 2.44. The van der Waals surface area contributed by atoms with Crippen molar-refractivity contribution in [2.45, 2.75) is 83.1 Å². The van der Waals surface area contributed by atoms with E-state index in [1.165, 1.54) is 4.90 Å². The quantitative estimate of drug-likeness (QED) is 0.228. The number of aromatic nitrogens is 3. The maximum Gasteiger partial charge on any atom is 0.412 e. The van der Waals surface area contributed by atoms with Gasteiger partial charge in [0.05, 0.1) is 46.9 Å². The van der Waals surface area contributed by atoms with Crippen molar-refractivity contribution >= 4 is 55.3 Å². The summed E-state index contributed by atoms with van der Waals surface area (Å²) in [5, 5.41) is 23.2. The molecule has 3 saturated heterocycles. The molecule has 4 atom stereocenters. The van der Waals surface area contributed by atoms with Crippen LogP contribution < -0.4 is 15.0 Å². The van der Waals surface area contributed by atoms with Gasteiger partial charge in [-0.1, -0.05) is 0 Å². The van der Waals surface area contributed by atoms with E-state index < -0.39 is 29.4 Å². The number of benzene rings is 1. The van der Waals surface area contributed by atoms with E-state index in [2.05, 4.69) is 31.2 Å². The first-order valence-corrected chi connectivity index (χ1v) is 18.8. The number of amides is 2. The van der Waals surface area contributed by atoms with E-state index in [1.807, 2.05) is 7.05 Å². The number of nitrogens with zero attached hydrogens (tertiary/aromatic N) is 7. The van der Waals surface area contributed by atoms with E-state index in [9.17, 15) is 20.0 Å². The number of halogens is 2. The highest BCUT2D eigenvalue weighted by molar-refractivity contribution is 7.23. The van der Waals surface area contributed by atoms with Gasteiger partial charge in [0.25, 0.3) is 0 Å². The molecule has 1 aromatic carbocycles. The van der Waals surface area contributed by atoms with E-state index in [-0.39, 0.29) is 101 Å². The molecule has 2 unspecified atom stereocenters. The second kappa shape index (κ2) is 14.0. The number of hydrogen-bond donors (Lipinski definition) is 2. The molecule has 4 aromatic rings. The van der Waals surface area contributed by atoms with Crippen LogP contribution in [-0.2, 0) is 27.4 Å². The summed E-state index contributed by atoms with van der Waals surface area (Å²) in [5.41, 5.74) is -0.00698. The van der Waals surface area contributed by atoms with Gasteiger partial charge in [-0.25, -0.2) is 18.4 Å². The molecule has 8 rings (SSSR count). The molecule has 0 saturated carbocycles. The number of carbonyl (C=O) groups is 2. The first kappa shape index (κ1) is 37.0. The predicted octanol–water partition coefficient (Wildman–Crippen LogP) is 5.86. The number of piperazine rings is 1. The molecular formula is C37H40F2N8O7S. The van der Waals surface area contributed by atoms with E-state index in [0.29, 0.717) is 35.2 Å². The molecule has 2 amide bonds. The number of ether oxygens (including phenoxy) is 4. The van der Waals surface area contributed by atoms with Gasteiger partial charge in [0.2, 0.25) is 0 Å². The van der Waals surface area contributed by atoms with Gasteiger partial charge in [0, 0.05) is 55.8 Å². The summed E-state index contributed by atoms with van der Waals surface area (Å²) in [7, 11) is 3.64. The number of fused-ring (bicyclic) bond motifs is 6. The molecular weight excluding hydrogens is 739 g/mol. The second-order valence-electron chi connectivity index (χ2n) is 15.4. The molecule has 4 aliphatic heterocycles. The lowest BCUT2D eigenvalue weighted by atomic mass is 9.93. The summed E-state index contributed by atoms with van der Waals surface area (Å²) in [6.07, 6.45) is 1.31. The fourth-order valence-electron chi connectivity index (χ4n) is 8.31. The number of nitrogens with one attached hydrogen (secondary N) is 1. The van der Waals surface area contributed by atoms with E-state index in [4.69, 9.17) is 23.9 Å². The molecule has 0 aliphatic carbocycles. The van der Waals surface area contributed by atoms with Crippen LogP contribution >= 0.6 is 11.3 Å². The number of rotatable bonds is 7. The molecule has 2 N–H and O–H groups in total. The Morgan fingerprint density at radius 3 is 2.51 bits per heavy atom. The fraction of sp³-hybridized carbons (Fsp3) is 0.514. The number of methoxy groups -OCH3 is 1. The second-order valence-corrected chi connectivity index (χ2v) is 16.4. The summed E-state index contributed by atoms with van der Waals surface area (Å²) < 4.78 is 56.3. The highest BCUT2D eigenvalue weighted by atomic mass is 32.1. The zero-order valence-corrected chi connectivity index (χ0v) is 31.8. The number of nitriles is 1. The Labute approximate surface area is 318 Å². The zero-order valence-electron chi connectivity index (χ0n) is 30.9. The number of hydrogen-bond acceptors (Lipinski definition) is 13. The summed E-state index contributed by atoms with van der Waals surface area (Å²) in [6, 6.07) is 1.55. The van der Waals surface area contributed by atoms with Crippen LogP contribution in [0.5, 0.6) is 6.01 Å². The van der Waals surface area contributed by atoms with E-state index in [1.54, 1.807) is 27.9 Å². The minimum absolute atomic E-state index is 0.00454. The molecule has 0 spiro atoms. The van der Waals surface area contributed by atoms with Gasteiger partial charge >= 0.3 is 18.2 Å². The Morgan fingerprint density at radius 1 is 1.13 bits per heavy atom. The fourth-order valence-corrected chi connectivity index (χ4v) is 9.35. The van der Waals surface area contributed by atoms with Crippen LogP contribution in [0.15, 0.2) is 6.20 Å². The van der Waals surface area contributed by atoms with E-state index in [0.717, 1.165) is 30.5 Å². The van der Waals surface area contributed by atoms with Crippen molar-refractivity contribution in [2.24, 2.45) is 0 Å². The third-order valence-corrected chi connectivity index (χ3v) is 11.9. The molecule has 7 heterocycles. The lowest BCUT2D eigenvalue weighted by Crippen LogP contribution is -2.55. The topological polar surface area (TPSA) is 176 Å². The Bertz CT molecular complexity index is 2260. The van der Waals surface area contributed by atoms with E-state index >= 15 is 8.78 Å². The number of pyridine rings is 1. The van der Waals surface area contributed by atoms with Crippen LogP contribution in [0, 0.1) is 23.0 Å². The summed E-state index contributed by atoms with van der Waals surface area (Å²) >= 11 is 0.821. The number of anilines is 2. The Hall–Kier alpha value is -4.96. The molecule has 0 radical (unpaired) electrons. The van der Waals surface area contributed by atoms with Crippen molar-refractivity contribution in [3.05, 3.63) is 34.5 Å². The number of thiophene rings is 1. The zero-order chi connectivity index (χ0) is 38.9. The van der Waals surface area contributed by atoms with Gasteiger partial charge < -0.3 is 33.9 Å². The van der Waals surface area contributed by atoms with Gasteiger partial charge in [-0.3, -0.25) is 15.2 Å². The minimum atomic E-state index is -0.999. The van der Waals surface area contributed by atoms with Crippen LogP contribution in [-0.4, -0.2) is 112 Å². The van der Waals surface area contributed by atoms with Crippen LogP contribution in [0.3, 0.4) is 0 Å². The van der Waals surface area contributed by atoms with Gasteiger partial charge in [0.15, 0.2) is 11.6 Å². The Kier molecular flexibility index (Phi) is 9.39. The van der Waals surface area contributed by atoms with Gasteiger partial charge in [0.1, 0.15) is 34.6 Å². The monoisotopic (exact) mass is 778 g/mol. The van der Waals surface area contributed by atoms with Crippen molar-refractivity contribution in [3.63, 3.8) is 0 Å². The molecule has 55 heavy (non-hydrogen) atoms. The molecule has 290 valence electrons. The van der Waals surface area contributed by atoms with Crippen molar-refractivity contribution < 1.29 is 42.4 Å². The summed E-state index contributed by atoms with van der Waals surface area (Å²) in [6.45, 7) is 6.56. The average molecular weight is 779 g/mol. The lowest BCUT2D eigenvalue weighted by Gasteiger charge is -2.41. The van der Waals surface area contributed by atoms with Crippen LogP contribution in [0.2, 0.25) is 0 Å². The molecule has 15 nitrogen and oxygen atoms in total. The number of likely N-dealkylation sites (tertiary alicyclic amines) is 2. The van der Waals surface area contributed by atoms with Crippen LogP contribution in [0.4, 0.5) is 29.2 Å². The maximum absolute atomic E-state index is 17.6. The summed E-state index contributed by atoms with van der Waals surface area (Å²) in [5.74, 6) is -1.12. The number of carboxylic acid groups (broad SMARTS) is 1. The third kappa shape index (κ3) is 6.52. The van der Waals surface area contributed by atoms with Gasteiger partial charge in [-0.2, -0.15) is 15.2 Å².